The van der Waals surface area contributed by atoms with Crippen LogP contribution in [0.5, 0.6) is 5.75 Å². The fourth-order valence-corrected chi connectivity index (χ4v) is 3.73. The van der Waals surface area contributed by atoms with Crippen LogP contribution in [0.3, 0.4) is 0 Å². The van der Waals surface area contributed by atoms with Crippen LogP contribution in [-0.4, -0.2) is 25.3 Å². The number of amides is 1. The van der Waals surface area contributed by atoms with Crippen molar-refractivity contribution in [2.45, 2.75) is 4.90 Å². The van der Waals surface area contributed by atoms with Crippen LogP contribution in [0.4, 0.5) is 5.69 Å². The Bertz CT molecular complexity index is 690. The molecule has 3 nitrogen and oxygen atoms in total. The van der Waals surface area contributed by atoms with E-state index >= 15 is 0 Å². The van der Waals surface area contributed by atoms with Crippen LogP contribution in [0.2, 0.25) is 0 Å². The first-order valence-corrected chi connectivity index (χ1v) is 8.36. The molecular formula is C16H14BrNO2S. The van der Waals surface area contributed by atoms with Crippen molar-refractivity contribution in [1.82, 2.24) is 0 Å². The number of anilines is 1. The van der Waals surface area contributed by atoms with Crippen LogP contribution in [-0.2, 0) is 0 Å². The summed E-state index contributed by atoms with van der Waals surface area (Å²) in [7, 11) is 1.60. The molecule has 1 aliphatic rings. The number of carbonyl (C=O) groups is 1. The van der Waals surface area contributed by atoms with Crippen LogP contribution in [0, 0.1) is 0 Å². The molecule has 0 bridgehead atoms. The molecule has 0 aliphatic carbocycles. The molecule has 1 heterocycles. The third-order valence-electron chi connectivity index (χ3n) is 3.38. The fraction of sp³-hybridized carbons (Fsp3) is 0.188. The molecule has 2 aromatic rings. The summed E-state index contributed by atoms with van der Waals surface area (Å²) in [4.78, 5) is 15.9. The van der Waals surface area contributed by atoms with Crippen molar-refractivity contribution >= 4 is 39.3 Å². The Morgan fingerprint density at radius 3 is 2.90 bits per heavy atom. The normalized spacial score (nSPS) is 13.7. The average Bonchev–Trinajstić information content (AvgIpc) is 2.54. The summed E-state index contributed by atoms with van der Waals surface area (Å²) in [5, 5.41) is 0. The van der Waals surface area contributed by atoms with Crippen molar-refractivity contribution in [1.29, 1.82) is 0 Å². The average molecular weight is 364 g/mol. The molecule has 0 saturated heterocycles. The zero-order valence-electron chi connectivity index (χ0n) is 11.5. The predicted molar refractivity (Wildman–Crippen MR) is 89.5 cm³/mol. The summed E-state index contributed by atoms with van der Waals surface area (Å²) in [5.74, 6) is 1.58. The third kappa shape index (κ3) is 2.80. The third-order valence-corrected chi connectivity index (χ3v) is 5.11. The molecule has 108 valence electrons. The Morgan fingerprint density at radius 2 is 2.10 bits per heavy atom. The molecule has 0 N–H and O–H groups in total. The van der Waals surface area contributed by atoms with Gasteiger partial charge in [-0.1, -0.05) is 12.1 Å². The zero-order chi connectivity index (χ0) is 14.8. The SMILES string of the molecule is COc1ccc(Br)c(C(=O)N2CCSc3ccccc32)c1. The number of hydrogen-bond acceptors (Lipinski definition) is 3. The summed E-state index contributed by atoms with van der Waals surface area (Å²) in [6.45, 7) is 0.712. The van der Waals surface area contributed by atoms with E-state index in [2.05, 4.69) is 22.0 Å². The maximum absolute atomic E-state index is 12.9. The van der Waals surface area contributed by atoms with Gasteiger partial charge in [0.05, 0.1) is 18.4 Å². The van der Waals surface area contributed by atoms with Crippen molar-refractivity contribution < 1.29 is 9.53 Å². The van der Waals surface area contributed by atoms with Crippen LogP contribution in [0.25, 0.3) is 0 Å². The van der Waals surface area contributed by atoms with E-state index in [1.54, 1.807) is 24.9 Å². The largest absolute Gasteiger partial charge is 0.497 e. The number of thioether (sulfide) groups is 1. The minimum Gasteiger partial charge on any atom is -0.497 e. The van der Waals surface area contributed by atoms with E-state index in [4.69, 9.17) is 4.74 Å². The highest BCUT2D eigenvalue weighted by Crippen LogP contribution is 2.36. The smallest absolute Gasteiger partial charge is 0.259 e. The van der Waals surface area contributed by atoms with Crippen molar-refractivity contribution in [2.24, 2.45) is 0 Å². The van der Waals surface area contributed by atoms with Crippen LogP contribution in [0.1, 0.15) is 10.4 Å². The maximum Gasteiger partial charge on any atom is 0.259 e. The van der Waals surface area contributed by atoms with Gasteiger partial charge in [0.15, 0.2) is 0 Å². The van der Waals surface area contributed by atoms with Gasteiger partial charge < -0.3 is 9.64 Å². The highest BCUT2D eigenvalue weighted by Gasteiger charge is 2.25. The maximum atomic E-state index is 12.9. The van der Waals surface area contributed by atoms with E-state index in [1.807, 2.05) is 35.2 Å². The Balaban J connectivity index is 2.00. The van der Waals surface area contributed by atoms with E-state index in [0.29, 0.717) is 17.9 Å². The first kappa shape index (κ1) is 14.5. The van der Waals surface area contributed by atoms with E-state index < -0.39 is 0 Å². The number of nitrogens with zero attached hydrogens (tertiary/aromatic N) is 1. The second-order valence-electron chi connectivity index (χ2n) is 4.62. The minimum absolute atomic E-state index is 0.00600. The lowest BCUT2D eigenvalue weighted by Crippen LogP contribution is -2.35. The van der Waals surface area contributed by atoms with E-state index in [9.17, 15) is 4.79 Å². The van der Waals surface area contributed by atoms with E-state index in [1.165, 1.54) is 0 Å². The van der Waals surface area contributed by atoms with Gasteiger partial charge in [0, 0.05) is 21.7 Å². The lowest BCUT2D eigenvalue weighted by atomic mass is 10.1. The molecular weight excluding hydrogens is 350 g/mol. The van der Waals surface area contributed by atoms with Gasteiger partial charge >= 0.3 is 0 Å². The number of rotatable bonds is 2. The number of methoxy groups -OCH3 is 1. The Kier molecular flexibility index (Phi) is 4.22. The number of fused-ring (bicyclic) bond motifs is 1. The van der Waals surface area contributed by atoms with Gasteiger partial charge in [-0.15, -0.1) is 11.8 Å². The van der Waals surface area contributed by atoms with Gasteiger partial charge in [0.1, 0.15) is 5.75 Å². The number of carbonyl (C=O) groups excluding carboxylic acids is 1. The molecule has 0 radical (unpaired) electrons. The van der Waals surface area contributed by atoms with Gasteiger partial charge in [-0.3, -0.25) is 4.79 Å². The lowest BCUT2D eigenvalue weighted by molar-refractivity contribution is 0.0986. The topological polar surface area (TPSA) is 29.5 Å². The summed E-state index contributed by atoms with van der Waals surface area (Å²) in [6, 6.07) is 13.5. The number of ether oxygens (including phenoxy) is 1. The van der Waals surface area contributed by atoms with Crippen molar-refractivity contribution in [3.8, 4) is 5.75 Å². The first-order valence-electron chi connectivity index (χ1n) is 6.58. The minimum atomic E-state index is -0.00600. The number of benzene rings is 2. The quantitative estimate of drug-likeness (QED) is 0.800. The standard InChI is InChI=1S/C16H14BrNO2S/c1-20-11-6-7-13(17)12(10-11)16(19)18-8-9-21-15-5-3-2-4-14(15)18/h2-7,10H,8-9H2,1H3. The summed E-state index contributed by atoms with van der Waals surface area (Å²) < 4.78 is 6.00. The number of hydrogen-bond donors (Lipinski definition) is 0. The first-order chi connectivity index (χ1) is 10.2. The van der Waals surface area contributed by atoms with Crippen LogP contribution in [0.15, 0.2) is 51.8 Å². The monoisotopic (exact) mass is 363 g/mol. The van der Waals surface area contributed by atoms with Gasteiger partial charge in [-0.2, -0.15) is 0 Å². The molecule has 0 unspecified atom stereocenters. The Hall–Kier alpha value is -1.46. The predicted octanol–water partition coefficient (Wildman–Crippen LogP) is 4.21. The van der Waals surface area contributed by atoms with Crippen molar-refractivity contribution in [3.63, 3.8) is 0 Å². The molecule has 1 aliphatic heterocycles. The molecule has 3 rings (SSSR count). The van der Waals surface area contributed by atoms with Gasteiger partial charge in [-0.05, 0) is 46.3 Å². The Labute approximate surface area is 136 Å². The fourth-order valence-electron chi connectivity index (χ4n) is 2.32. The van der Waals surface area contributed by atoms with Gasteiger partial charge in [0.2, 0.25) is 0 Å². The molecule has 5 heteroatoms. The molecule has 2 aromatic carbocycles. The molecule has 0 spiro atoms. The number of halogens is 1. The summed E-state index contributed by atoms with van der Waals surface area (Å²) >= 11 is 5.25. The second-order valence-corrected chi connectivity index (χ2v) is 6.61. The van der Waals surface area contributed by atoms with Crippen molar-refractivity contribution in [3.05, 3.63) is 52.5 Å². The zero-order valence-corrected chi connectivity index (χ0v) is 13.9. The second kappa shape index (κ2) is 6.12. The Morgan fingerprint density at radius 1 is 1.29 bits per heavy atom. The van der Waals surface area contributed by atoms with E-state index in [0.717, 1.165) is 20.8 Å². The molecule has 0 saturated carbocycles. The van der Waals surface area contributed by atoms with E-state index in [-0.39, 0.29) is 5.91 Å². The lowest BCUT2D eigenvalue weighted by Gasteiger charge is -2.29. The molecule has 0 atom stereocenters. The molecule has 21 heavy (non-hydrogen) atoms. The van der Waals surface area contributed by atoms with Gasteiger partial charge in [0.25, 0.3) is 5.91 Å². The molecule has 0 aromatic heterocycles. The molecule has 0 fully saturated rings. The molecule has 1 amide bonds. The van der Waals surface area contributed by atoms with Crippen LogP contribution >= 0.6 is 27.7 Å². The summed E-state index contributed by atoms with van der Waals surface area (Å²) in [6.07, 6.45) is 0. The number of para-hydroxylation sites is 1. The highest BCUT2D eigenvalue weighted by atomic mass is 79.9. The highest BCUT2D eigenvalue weighted by molar-refractivity contribution is 9.10. The summed E-state index contributed by atoms with van der Waals surface area (Å²) in [5.41, 5.74) is 1.60. The van der Waals surface area contributed by atoms with Crippen molar-refractivity contribution in [2.75, 3.05) is 24.3 Å². The van der Waals surface area contributed by atoms with Crippen LogP contribution < -0.4 is 9.64 Å². The van der Waals surface area contributed by atoms with Gasteiger partial charge in [-0.25, -0.2) is 0 Å².